The van der Waals surface area contributed by atoms with Gasteiger partial charge in [-0.3, -0.25) is 4.55 Å². The van der Waals surface area contributed by atoms with Crippen LogP contribution in [0.15, 0.2) is 23.1 Å². The summed E-state index contributed by atoms with van der Waals surface area (Å²) in [5.74, 6) is 0.204. The second kappa shape index (κ2) is 4.51. The molecule has 0 bridgehead atoms. The predicted molar refractivity (Wildman–Crippen MR) is 60.1 cm³/mol. The van der Waals surface area contributed by atoms with Crippen molar-refractivity contribution in [2.45, 2.75) is 24.7 Å². The molecule has 0 aliphatic rings. The number of alkyl halides is 1. The molecule has 5 heteroatoms. The maximum atomic E-state index is 11.1. The van der Waals surface area contributed by atoms with E-state index in [0.717, 1.165) is 5.56 Å². The molecule has 3 nitrogen and oxygen atoms in total. The van der Waals surface area contributed by atoms with E-state index in [2.05, 4.69) is 0 Å². The van der Waals surface area contributed by atoms with Gasteiger partial charge in [0.05, 0.1) is 4.90 Å². The summed E-state index contributed by atoms with van der Waals surface area (Å²) in [6.07, 6.45) is 0. The van der Waals surface area contributed by atoms with Gasteiger partial charge in [-0.25, -0.2) is 0 Å². The lowest BCUT2D eigenvalue weighted by atomic mass is 10.0. The van der Waals surface area contributed by atoms with Gasteiger partial charge in [0.1, 0.15) is 0 Å². The smallest absolute Gasteiger partial charge is 0.282 e. The first-order valence-electron chi connectivity index (χ1n) is 4.50. The van der Waals surface area contributed by atoms with Crippen LogP contribution in [0.4, 0.5) is 0 Å². The zero-order chi connectivity index (χ0) is 11.6. The molecule has 0 saturated heterocycles. The fourth-order valence-electron chi connectivity index (χ4n) is 1.37. The third-order valence-corrected chi connectivity index (χ3v) is 3.60. The summed E-state index contributed by atoms with van der Waals surface area (Å²) in [4.78, 5) is -0.0544. The number of hydrogen-bond donors (Lipinski definition) is 1. The molecule has 84 valence electrons. The maximum Gasteiger partial charge on any atom is 0.294 e. The molecular weight excluding hydrogens is 236 g/mol. The van der Waals surface area contributed by atoms with E-state index < -0.39 is 10.1 Å². The van der Waals surface area contributed by atoms with Crippen LogP contribution in [-0.2, 0) is 10.1 Å². The van der Waals surface area contributed by atoms with Gasteiger partial charge in [0.25, 0.3) is 10.1 Å². The molecule has 1 unspecified atom stereocenters. The van der Waals surface area contributed by atoms with Gasteiger partial charge in [-0.15, -0.1) is 11.6 Å². The minimum absolute atomic E-state index is 0.0544. The van der Waals surface area contributed by atoms with Gasteiger partial charge in [0, 0.05) is 5.88 Å². The molecule has 0 aliphatic heterocycles. The van der Waals surface area contributed by atoms with Crippen LogP contribution >= 0.6 is 11.6 Å². The van der Waals surface area contributed by atoms with Crippen molar-refractivity contribution in [3.05, 3.63) is 29.3 Å². The van der Waals surface area contributed by atoms with Crippen molar-refractivity contribution in [3.8, 4) is 0 Å². The molecule has 1 N–H and O–H groups in total. The first kappa shape index (κ1) is 12.5. The number of rotatable bonds is 3. The van der Waals surface area contributed by atoms with Crippen LogP contribution in [-0.4, -0.2) is 18.9 Å². The zero-order valence-corrected chi connectivity index (χ0v) is 10.1. The van der Waals surface area contributed by atoms with Crippen molar-refractivity contribution in [1.29, 1.82) is 0 Å². The fourth-order valence-corrected chi connectivity index (χ4v) is 2.34. The third-order valence-electron chi connectivity index (χ3n) is 2.21. The normalized spacial score (nSPS) is 13.9. The molecule has 0 heterocycles. The largest absolute Gasteiger partial charge is 0.294 e. The Kier molecular flexibility index (Phi) is 3.76. The van der Waals surface area contributed by atoms with E-state index >= 15 is 0 Å². The van der Waals surface area contributed by atoms with E-state index in [-0.39, 0.29) is 10.8 Å². The van der Waals surface area contributed by atoms with E-state index in [9.17, 15) is 8.42 Å². The second-order valence-corrected chi connectivity index (χ2v) is 5.27. The third kappa shape index (κ3) is 2.93. The Hall–Kier alpha value is -0.580. The van der Waals surface area contributed by atoms with Crippen molar-refractivity contribution < 1.29 is 13.0 Å². The van der Waals surface area contributed by atoms with Crippen LogP contribution in [0.1, 0.15) is 24.0 Å². The Morgan fingerprint density at radius 1 is 1.47 bits per heavy atom. The molecule has 0 aliphatic carbocycles. The molecule has 0 spiro atoms. The number of halogens is 1. The van der Waals surface area contributed by atoms with E-state index in [1.807, 2.05) is 13.8 Å². The molecule has 0 radical (unpaired) electrons. The van der Waals surface area contributed by atoms with Crippen molar-refractivity contribution in [2.24, 2.45) is 0 Å². The van der Waals surface area contributed by atoms with Gasteiger partial charge in [-0.1, -0.05) is 24.6 Å². The van der Waals surface area contributed by atoms with Gasteiger partial charge in [-0.05, 0) is 24.5 Å². The average Bonchev–Trinajstić information content (AvgIpc) is 2.14. The van der Waals surface area contributed by atoms with Crippen LogP contribution in [0, 0.1) is 6.92 Å². The Bertz CT molecular complexity index is 454. The molecule has 0 amide bonds. The highest BCUT2D eigenvalue weighted by Gasteiger charge is 2.18. The summed E-state index contributed by atoms with van der Waals surface area (Å²) < 4.78 is 31.2. The van der Waals surface area contributed by atoms with Crippen LogP contribution in [0.25, 0.3) is 0 Å². The first-order valence-corrected chi connectivity index (χ1v) is 6.47. The summed E-state index contributed by atoms with van der Waals surface area (Å²) in [7, 11) is -4.16. The van der Waals surface area contributed by atoms with Crippen LogP contribution < -0.4 is 0 Å². The quantitative estimate of drug-likeness (QED) is 0.661. The molecule has 1 aromatic carbocycles. The topological polar surface area (TPSA) is 54.4 Å². The Morgan fingerprint density at radius 2 is 2.07 bits per heavy atom. The highest BCUT2D eigenvalue weighted by molar-refractivity contribution is 7.85. The fraction of sp³-hybridized carbons (Fsp3) is 0.400. The Labute approximate surface area is 94.8 Å². The van der Waals surface area contributed by atoms with E-state index in [0.29, 0.717) is 11.4 Å². The van der Waals surface area contributed by atoms with Gasteiger partial charge in [-0.2, -0.15) is 8.42 Å². The van der Waals surface area contributed by atoms with Crippen LogP contribution in [0.3, 0.4) is 0 Å². The van der Waals surface area contributed by atoms with Crippen molar-refractivity contribution in [1.82, 2.24) is 0 Å². The molecule has 0 aromatic heterocycles. The van der Waals surface area contributed by atoms with Gasteiger partial charge >= 0.3 is 0 Å². The molecule has 1 rings (SSSR count). The molecule has 1 atom stereocenters. The van der Waals surface area contributed by atoms with Crippen LogP contribution in [0.5, 0.6) is 0 Å². The standard InChI is InChI=1S/C10H13ClO3S/c1-7-3-4-10(15(12,13)14)9(5-7)8(2)6-11/h3-5,8H,6H2,1-2H3,(H,12,13,14). The predicted octanol–water partition coefficient (Wildman–Crippen LogP) is 2.58. The first-order chi connectivity index (χ1) is 6.86. The van der Waals surface area contributed by atoms with Crippen molar-refractivity contribution in [2.75, 3.05) is 5.88 Å². The van der Waals surface area contributed by atoms with Gasteiger partial charge in [0.2, 0.25) is 0 Å². The minimum Gasteiger partial charge on any atom is -0.282 e. The molecule has 15 heavy (non-hydrogen) atoms. The lowest BCUT2D eigenvalue weighted by molar-refractivity contribution is 0.481. The Balaban J connectivity index is 3.40. The summed E-state index contributed by atoms with van der Waals surface area (Å²) in [5, 5.41) is 0. The molecule has 0 fully saturated rings. The van der Waals surface area contributed by atoms with Crippen molar-refractivity contribution in [3.63, 3.8) is 0 Å². The number of aryl methyl sites for hydroxylation is 1. The Morgan fingerprint density at radius 3 is 2.53 bits per heavy atom. The lowest BCUT2D eigenvalue weighted by Gasteiger charge is -2.12. The molecular formula is C10H13ClO3S. The van der Waals surface area contributed by atoms with E-state index in [1.165, 1.54) is 6.07 Å². The second-order valence-electron chi connectivity index (χ2n) is 3.57. The summed E-state index contributed by atoms with van der Waals surface area (Å²) in [6, 6.07) is 4.78. The van der Waals surface area contributed by atoms with Gasteiger partial charge in [0.15, 0.2) is 0 Å². The summed E-state index contributed by atoms with van der Waals surface area (Å²) in [6.45, 7) is 3.68. The van der Waals surface area contributed by atoms with Crippen molar-refractivity contribution >= 4 is 21.7 Å². The highest BCUT2D eigenvalue weighted by Crippen LogP contribution is 2.25. The monoisotopic (exact) mass is 248 g/mol. The maximum absolute atomic E-state index is 11.1. The minimum atomic E-state index is -4.16. The summed E-state index contributed by atoms with van der Waals surface area (Å²) in [5.41, 5.74) is 1.50. The molecule has 0 saturated carbocycles. The zero-order valence-electron chi connectivity index (χ0n) is 8.57. The average molecular weight is 249 g/mol. The summed E-state index contributed by atoms with van der Waals surface area (Å²) >= 11 is 5.68. The SMILES string of the molecule is Cc1ccc(S(=O)(=O)O)c(C(C)CCl)c1. The number of benzene rings is 1. The highest BCUT2D eigenvalue weighted by atomic mass is 35.5. The van der Waals surface area contributed by atoms with E-state index in [1.54, 1.807) is 12.1 Å². The van der Waals surface area contributed by atoms with Crippen LogP contribution in [0.2, 0.25) is 0 Å². The van der Waals surface area contributed by atoms with Gasteiger partial charge < -0.3 is 0 Å². The van der Waals surface area contributed by atoms with E-state index in [4.69, 9.17) is 16.2 Å². The lowest BCUT2D eigenvalue weighted by Crippen LogP contribution is -2.07. The molecule has 1 aromatic rings. The number of hydrogen-bond acceptors (Lipinski definition) is 2.